The summed E-state index contributed by atoms with van der Waals surface area (Å²) >= 11 is 1.71. The van der Waals surface area contributed by atoms with E-state index < -0.39 is 5.60 Å². The third kappa shape index (κ3) is 4.33. The zero-order valence-electron chi connectivity index (χ0n) is 10.3. The zero-order valence-corrected chi connectivity index (χ0v) is 11.1. The molecule has 1 fully saturated rings. The second-order valence-corrected chi connectivity index (χ2v) is 5.88. The molecule has 0 saturated heterocycles. The van der Waals surface area contributed by atoms with E-state index in [-0.39, 0.29) is 0 Å². The second-order valence-electron chi connectivity index (χ2n) is 5.02. The summed E-state index contributed by atoms with van der Waals surface area (Å²) in [5.41, 5.74) is -0.555. The van der Waals surface area contributed by atoms with Gasteiger partial charge in [0.1, 0.15) is 0 Å². The van der Waals surface area contributed by atoms with E-state index in [0.717, 1.165) is 18.2 Å². The van der Waals surface area contributed by atoms with Gasteiger partial charge in [0.25, 0.3) is 0 Å². The maximum atomic E-state index is 10.1. The van der Waals surface area contributed by atoms with E-state index in [0.29, 0.717) is 6.04 Å². The summed E-state index contributed by atoms with van der Waals surface area (Å²) in [5, 5.41) is 13.6. The first-order valence-electron chi connectivity index (χ1n) is 6.04. The SMILES string of the molecule is CCC1CCCC1NCC(C)(O)CSC. The van der Waals surface area contributed by atoms with Gasteiger partial charge in [0, 0.05) is 18.3 Å². The Morgan fingerprint density at radius 3 is 2.80 bits per heavy atom. The number of hydrogen-bond acceptors (Lipinski definition) is 3. The van der Waals surface area contributed by atoms with Crippen LogP contribution in [0.3, 0.4) is 0 Å². The summed E-state index contributed by atoms with van der Waals surface area (Å²) in [6.45, 7) is 4.92. The van der Waals surface area contributed by atoms with Crippen LogP contribution < -0.4 is 5.32 Å². The van der Waals surface area contributed by atoms with E-state index in [1.165, 1.54) is 25.7 Å². The lowest BCUT2D eigenvalue weighted by molar-refractivity contribution is 0.0795. The molecule has 1 rings (SSSR count). The molecule has 0 spiro atoms. The molecule has 3 atom stereocenters. The van der Waals surface area contributed by atoms with Crippen molar-refractivity contribution < 1.29 is 5.11 Å². The zero-order chi connectivity index (χ0) is 11.3. The van der Waals surface area contributed by atoms with E-state index in [4.69, 9.17) is 0 Å². The molecule has 0 amide bonds. The Morgan fingerprint density at radius 1 is 1.47 bits per heavy atom. The molecule has 15 heavy (non-hydrogen) atoms. The van der Waals surface area contributed by atoms with Crippen LogP contribution in [0.15, 0.2) is 0 Å². The predicted octanol–water partition coefficient (Wildman–Crippen LogP) is 2.27. The third-order valence-corrected chi connectivity index (χ3v) is 4.29. The first kappa shape index (κ1) is 13.3. The molecule has 90 valence electrons. The van der Waals surface area contributed by atoms with Crippen molar-refractivity contribution in [3.63, 3.8) is 0 Å². The fourth-order valence-corrected chi connectivity index (χ4v) is 3.23. The highest BCUT2D eigenvalue weighted by atomic mass is 32.2. The molecule has 0 aromatic heterocycles. The van der Waals surface area contributed by atoms with Crippen molar-refractivity contribution in [2.75, 3.05) is 18.6 Å². The molecule has 2 N–H and O–H groups in total. The van der Waals surface area contributed by atoms with Gasteiger partial charge < -0.3 is 10.4 Å². The van der Waals surface area contributed by atoms with Crippen LogP contribution in [-0.2, 0) is 0 Å². The van der Waals surface area contributed by atoms with Crippen molar-refractivity contribution in [1.29, 1.82) is 0 Å². The molecule has 1 aliphatic carbocycles. The van der Waals surface area contributed by atoms with Crippen molar-refractivity contribution in [2.45, 2.75) is 51.2 Å². The van der Waals surface area contributed by atoms with Gasteiger partial charge in [-0.05, 0) is 31.9 Å². The molecule has 0 aromatic carbocycles. The summed E-state index contributed by atoms with van der Waals surface area (Å²) in [5.74, 6) is 1.64. The van der Waals surface area contributed by atoms with Gasteiger partial charge in [-0.25, -0.2) is 0 Å². The maximum absolute atomic E-state index is 10.1. The Bertz CT molecular complexity index is 184. The molecule has 0 bridgehead atoms. The summed E-state index contributed by atoms with van der Waals surface area (Å²) in [6, 6.07) is 0.642. The lowest BCUT2D eigenvalue weighted by Crippen LogP contribution is -2.45. The summed E-state index contributed by atoms with van der Waals surface area (Å²) in [7, 11) is 0. The van der Waals surface area contributed by atoms with Crippen LogP contribution >= 0.6 is 11.8 Å². The Morgan fingerprint density at radius 2 is 2.20 bits per heavy atom. The molecule has 3 unspecified atom stereocenters. The summed E-state index contributed by atoms with van der Waals surface area (Å²) < 4.78 is 0. The van der Waals surface area contributed by atoms with Gasteiger partial charge in [-0.2, -0.15) is 11.8 Å². The normalized spacial score (nSPS) is 30.4. The van der Waals surface area contributed by atoms with Gasteiger partial charge in [0.05, 0.1) is 5.60 Å². The molecule has 1 aliphatic rings. The highest BCUT2D eigenvalue weighted by Gasteiger charge is 2.28. The van der Waals surface area contributed by atoms with Crippen LogP contribution in [0.2, 0.25) is 0 Å². The minimum Gasteiger partial charge on any atom is -0.388 e. The van der Waals surface area contributed by atoms with Gasteiger partial charge in [-0.1, -0.05) is 19.8 Å². The van der Waals surface area contributed by atoms with Gasteiger partial charge >= 0.3 is 0 Å². The molecule has 1 saturated carbocycles. The van der Waals surface area contributed by atoms with Crippen molar-refractivity contribution in [1.82, 2.24) is 5.32 Å². The Labute approximate surface area is 98.2 Å². The molecule has 0 aromatic rings. The largest absolute Gasteiger partial charge is 0.388 e. The first-order chi connectivity index (χ1) is 7.09. The minimum atomic E-state index is -0.555. The monoisotopic (exact) mass is 231 g/mol. The molecule has 0 aliphatic heterocycles. The molecular weight excluding hydrogens is 206 g/mol. The number of nitrogens with one attached hydrogen (secondary N) is 1. The van der Waals surface area contributed by atoms with Gasteiger partial charge in [-0.15, -0.1) is 0 Å². The molecule has 2 nitrogen and oxygen atoms in total. The van der Waals surface area contributed by atoms with Crippen LogP contribution in [0.1, 0.15) is 39.5 Å². The average molecular weight is 231 g/mol. The number of rotatable bonds is 6. The topological polar surface area (TPSA) is 32.3 Å². The van der Waals surface area contributed by atoms with Gasteiger partial charge in [-0.3, -0.25) is 0 Å². The molecule has 0 heterocycles. The van der Waals surface area contributed by atoms with Gasteiger partial charge in [0.2, 0.25) is 0 Å². The maximum Gasteiger partial charge on any atom is 0.0833 e. The van der Waals surface area contributed by atoms with Crippen LogP contribution in [-0.4, -0.2) is 35.3 Å². The van der Waals surface area contributed by atoms with Crippen LogP contribution in [0.25, 0.3) is 0 Å². The van der Waals surface area contributed by atoms with E-state index >= 15 is 0 Å². The summed E-state index contributed by atoms with van der Waals surface area (Å²) in [6.07, 6.45) is 7.30. The smallest absolute Gasteiger partial charge is 0.0833 e. The minimum absolute atomic E-state index is 0.555. The molecule has 0 radical (unpaired) electrons. The van der Waals surface area contributed by atoms with Crippen LogP contribution in [0.4, 0.5) is 0 Å². The van der Waals surface area contributed by atoms with Crippen LogP contribution in [0.5, 0.6) is 0 Å². The number of hydrogen-bond donors (Lipinski definition) is 2. The van der Waals surface area contributed by atoms with Crippen molar-refractivity contribution in [3.8, 4) is 0 Å². The molecule has 3 heteroatoms. The van der Waals surface area contributed by atoms with Gasteiger partial charge in [0.15, 0.2) is 0 Å². The fraction of sp³-hybridized carbons (Fsp3) is 1.00. The summed E-state index contributed by atoms with van der Waals surface area (Å²) in [4.78, 5) is 0. The number of aliphatic hydroxyl groups is 1. The predicted molar refractivity (Wildman–Crippen MR) is 68.4 cm³/mol. The van der Waals surface area contributed by atoms with E-state index in [1.807, 2.05) is 13.2 Å². The third-order valence-electron chi connectivity index (χ3n) is 3.38. The average Bonchev–Trinajstić information content (AvgIpc) is 2.62. The highest BCUT2D eigenvalue weighted by Crippen LogP contribution is 2.28. The Kier molecular flexibility index (Phi) is 5.44. The first-order valence-corrected chi connectivity index (χ1v) is 7.43. The van der Waals surface area contributed by atoms with Crippen molar-refractivity contribution in [3.05, 3.63) is 0 Å². The van der Waals surface area contributed by atoms with E-state index in [9.17, 15) is 5.11 Å². The van der Waals surface area contributed by atoms with E-state index in [1.54, 1.807) is 11.8 Å². The fourth-order valence-electron chi connectivity index (χ4n) is 2.51. The quantitative estimate of drug-likeness (QED) is 0.735. The lowest BCUT2D eigenvalue weighted by atomic mass is 10.00. The van der Waals surface area contributed by atoms with Crippen molar-refractivity contribution in [2.24, 2.45) is 5.92 Å². The Hall–Kier alpha value is 0.270. The Balaban J connectivity index is 2.29. The molecular formula is C12H25NOS. The standard InChI is InChI=1S/C12H25NOS/c1-4-10-6-5-7-11(10)13-8-12(2,14)9-15-3/h10-11,13-14H,4-9H2,1-3H3. The lowest BCUT2D eigenvalue weighted by Gasteiger charge is -2.27. The van der Waals surface area contributed by atoms with E-state index in [2.05, 4.69) is 12.2 Å². The second kappa shape index (κ2) is 6.12. The highest BCUT2D eigenvalue weighted by molar-refractivity contribution is 7.98. The van der Waals surface area contributed by atoms with Crippen LogP contribution in [0, 0.1) is 5.92 Å². The number of thioether (sulfide) groups is 1. The van der Waals surface area contributed by atoms with Crippen molar-refractivity contribution >= 4 is 11.8 Å².